The molecule has 0 atom stereocenters. The lowest BCUT2D eigenvalue weighted by Crippen LogP contribution is -2.46. The number of nitrogens with two attached hydrogens (primary N) is 1. The molecule has 1 aromatic carbocycles. The number of aryl methyl sites for hydroxylation is 1. The summed E-state index contributed by atoms with van der Waals surface area (Å²) in [6, 6.07) is 11.4. The van der Waals surface area contributed by atoms with Crippen molar-refractivity contribution in [3.05, 3.63) is 69.7 Å². The summed E-state index contributed by atoms with van der Waals surface area (Å²) in [5.74, 6) is 0.718. The quantitative estimate of drug-likeness (QED) is 0.552. The van der Waals surface area contributed by atoms with Gasteiger partial charge in [-0.1, -0.05) is 41.4 Å². The number of aliphatic hydroxyl groups excluding tert-OH is 1. The van der Waals surface area contributed by atoms with Gasteiger partial charge < -0.3 is 15.7 Å². The van der Waals surface area contributed by atoms with Gasteiger partial charge in [-0.3, -0.25) is 4.98 Å². The number of pyridine rings is 1. The Kier molecular flexibility index (Phi) is 6.96. The molecule has 1 fully saturated rings. The highest BCUT2D eigenvalue weighted by atomic mass is 35.5. The summed E-state index contributed by atoms with van der Waals surface area (Å²) < 4.78 is 0. The minimum Gasteiger partial charge on any atom is -0.390 e. The van der Waals surface area contributed by atoms with E-state index in [0.717, 1.165) is 49.6 Å². The molecule has 168 valence electrons. The van der Waals surface area contributed by atoms with Crippen LogP contribution < -0.4 is 10.6 Å². The fourth-order valence-electron chi connectivity index (χ4n) is 4.38. The van der Waals surface area contributed by atoms with E-state index in [0.29, 0.717) is 33.5 Å². The van der Waals surface area contributed by atoms with Crippen LogP contribution in [0.5, 0.6) is 0 Å². The molecule has 0 saturated carbocycles. The first-order chi connectivity index (χ1) is 15.5. The first kappa shape index (κ1) is 22.9. The van der Waals surface area contributed by atoms with Crippen molar-refractivity contribution >= 4 is 29.0 Å². The lowest BCUT2D eigenvalue weighted by molar-refractivity contribution is 0.222. The number of aliphatic hydroxyl groups is 1. The Morgan fingerprint density at radius 2 is 1.88 bits per heavy atom. The van der Waals surface area contributed by atoms with Crippen molar-refractivity contribution in [1.29, 1.82) is 0 Å². The van der Waals surface area contributed by atoms with Gasteiger partial charge in [-0.2, -0.15) is 0 Å². The summed E-state index contributed by atoms with van der Waals surface area (Å²) in [5.41, 5.74) is 9.93. The zero-order valence-electron chi connectivity index (χ0n) is 18.1. The monoisotopic (exact) mass is 471 g/mol. The van der Waals surface area contributed by atoms with Crippen molar-refractivity contribution in [2.24, 2.45) is 11.1 Å². The lowest BCUT2D eigenvalue weighted by Gasteiger charge is -2.42. The third-order valence-electron chi connectivity index (χ3n) is 6.32. The van der Waals surface area contributed by atoms with Crippen LogP contribution in [-0.2, 0) is 13.0 Å². The lowest BCUT2D eigenvalue weighted by atomic mass is 9.74. The van der Waals surface area contributed by atoms with Crippen LogP contribution in [-0.4, -0.2) is 39.7 Å². The number of rotatable bonds is 6. The highest BCUT2D eigenvalue weighted by Gasteiger charge is 2.35. The molecule has 2 aromatic heterocycles. The number of hydrogen-bond acceptors (Lipinski definition) is 6. The molecule has 0 spiro atoms. The van der Waals surface area contributed by atoms with Crippen LogP contribution in [0.3, 0.4) is 0 Å². The summed E-state index contributed by atoms with van der Waals surface area (Å²) in [6.45, 7) is 3.89. The standard InChI is InChI=1S/C24H27Cl2N5O/c1-16-22(18-6-4-7-19(25)21(18)26)30-20(14-32)23(29-16)31-11-8-24(15-27,9-12-31)13-17-5-2-3-10-28-17/h2-7,10,32H,8-9,11-15,27H2,1H3. The molecule has 0 radical (unpaired) electrons. The van der Waals surface area contributed by atoms with E-state index in [-0.39, 0.29) is 12.0 Å². The number of anilines is 1. The third kappa shape index (κ3) is 4.59. The van der Waals surface area contributed by atoms with Crippen LogP contribution in [0.1, 0.15) is 29.9 Å². The molecular weight excluding hydrogens is 445 g/mol. The second-order valence-electron chi connectivity index (χ2n) is 8.38. The normalized spacial score (nSPS) is 15.7. The van der Waals surface area contributed by atoms with Gasteiger partial charge in [-0.25, -0.2) is 9.97 Å². The smallest absolute Gasteiger partial charge is 0.153 e. The van der Waals surface area contributed by atoms with E-state index >= 15 is 0 Å². The Morgan fingerprint density at radius 1 is 1.09 bits per heavy atom. The molecule has 1 aliphatic heterocycles. The minimum atomic E-state index is -0.208. The Hall–Kier alpha value is -2.25. The maximum atomic E-state index is 10.1. The summed E-state index contributed by atoms with van der Waals surface area (Å²) in [7, 11) is 0. The number of benzene rings is 1. The summed E-state index contributed by atoms with van der Waals surface area (Å²) in [6.07, 6.45) is 4.54. The molecule has 3 aromatic rings. The van der Waals surface area contributed by atoms with Crippen molar-refractivity contribution in [3.63, 3.8) is 0 Å². The Bertz CT molecular complexity index is 1090. The van der Waals surface area contributed by atoms with Gasteiger partial charge in [0, 0.05) is 30.5 Å². The molecule has 8 heteroatoms. The van der Waals surface area contributed by atoms with Crippen LogP contribution in [0.15, 0.2) is 42.6 Å². The maximum Gasteiger partial charge on any atom is 0.153 e. The topological polar surface area (TPSA) is 88.2 Å². The number of hydrogen-bond donors (Lipinski definition) is 2. The van der Waals surface area contributed by atoms with Crippen LogP contribution in [0, 0.1) is 12.3 Å². The van der Waals surface area contributed by atoms with Gasteiger partial charge in [0.1, 0.15) is 5.69 Å². The van der Waals surface area contributed by atoms with Crippen molar-refractivity contribution in [3.8, 4) is 11.3 Å². The highest BCUT2D eigenvalue weighted by molar-refractivity contribution is 6.43. The summed E-state index contributed by atoms with van der Waals surface area (Å²) in [5, 5.41) is 11.0. The SMILES string of the molecule is Cc1nc(N2CCC(CN)(Cc3ccccn3)CC2)c(CO)nc1-c1cccc(Cl)c1Cl. The summed E-state index contributed by atoms with van der Waals surface area (Å²) >= 11 is 12.6. The van der Waals surface area contributed by atoms with Gasteiger partial charge in [-0.05, 0) is 56.3 Å². The van der Waals surface area contributed by atoms with E-state index in [9.17, 15) is 5.11 Å². The van der Waals surface area contributed by atoms with E-state index in [4.69, 9.17) is 38.9 Å². The molecule has 6 nitrogen and oxygen atoms in total. The number of aromatic nitrogens is 3. The van der Waals surface area contributed by atoms with E-state index in [1.165, 1.54) is 0 Å². The molecule has 0 aliphatic carbocycles. The fourth-order valence-corrected chi connectivity index (χ4v) is 4.77. The zero-order valence-corrected chi connectivity index (χ0v) is 19.6. The molecule has 3 heterocycles. The zero-order chi connectivity index (χ0) is 22.7. The molecular formula is C24H27Cl2N5O. The number of piperidine rings is 1. The summed E-state index contributed by atoms with van der Waals surface area (Å²) in [4.78, 5) is 16.2. The van der Waals surface area contributed by atoms with Crippen molar-refractivity contribution in [2.75, 3.05) is 24.5 Å². The van der Waals surface area contributed by atoms with Crippen LogP contribution in [0.4, 0.5) is 5.82 Å². The molecule has 0 unspecified atom stereocenters. The molecule has 0 amide bonds. The van der Waals surface area contributed by atoms with Crippen LogP contribution in [0.25, 0.3) is 11.3 Å². The molecule has 32 heavy (non-hydrogen) atoms. The third-order valence-corrected chi connectivity index (χ3v) is 7.14. The van der Waals surface area contributed by atoms with Crippen molar-refractivity contribution < 1.29 is 5.11 Å². The van der Waals surface area contributed by atoms with E-state index in [1.54, 1.807) is 6.07 Å². The fraction of sp³-hybridized carbons (Fsp3) is 0.375. The van der Waals surface area contributed by atoms with Gasteiger partial charge in [-0.15, -0.1) is 0 Å². The average Bonchev–Trinajstić information content (AvgIpc) is 2.82. The first-order valence-electron chi connectivity index (χ1n) is 10.7. The second kappa shape index (κ2) is 9.71. The van der Waals surface area contributed by atoms with Crippen molar-refractivity contribution in [2.45, 2.75) is 32.8 Å². The van der Waals surface area contributed by atoms with E-state index in [2.05, 4.69) is 16.0 Å². The van der Waals surface area contributed by atoms with Crippen LogP contribution >= 0.6 is 23.2 Å². The number of halogens is 2. The molecule has 1 aliphatic rings. The van der Waals surface area contributed by atoms with E-state index in [1.807, 2.05) is 37.4 Å². The van der Waals surface area contributed by atoms with Gasteiger partial charge >= 0.3 is 0 Å². The Labute approximate surface area is 198 Å². The predicted molar refractivity (Wildman–Crippen MR) is 129 cm³/mol. The molecule has 1 saturated heterocycles. The average molecular weight is 472 g/mol. The molecule has 0 bridgehead atoms. The second-order valence-corrected chi connectivity index (χ2v) is 9.16. The first-order valence-corrected chi connectivity index (χ1v) is 11.5. The Morgan fingerprint density at radius 3 is 2.53 bits per heavy atom. The van der Waals surface area contributed by atoms with Gasteiger partial charge in [0.2, 0.25) is 0 Å². The van der Waals surface area contributed by atoms with Crippen molar-refractivity contribution in [1.82, 2.24) is 15.0 Å². The highest BCUT2D eigenvalue weighted by Crippen LogP contribution is 2.38. The molecule has 4 rings (SSSR count). The van der Waals surface area contributed by atoms with Gasteiger partial charge in [0.15, 0.2) is 5.82 Å². The number of nitrogens with zero attached hydrogens (tertiary/aromatic N) is 4. The van der Waals surface area contributed by atoms with Gasteiger partial charge in [0.05, 0.1) is 28.0 Å². The largest absolute Gasteiger partial charge is 0.390 e. The predicted octanol–water partition coefficient (Wildman–Crippen LogP) is 4.43. The maximum absolute atomic E-state index is 10.1. The minimum absolute atomic E-state index is 0.0148. The van der Waals surface area contributed by atoms with Gasteiger partial charge in [0.25, 0.3) is 0 Å². The Balaban J connectivity index is 1.58. The van der Waals surface area contributed by atoms with Crippen LogP contribution in [0.2, 0.25) is 10.0 Å². The molecule has 3 N–H and O–H groups in total. The van der Waals surface area contributed by atoms with E-state index < -0.39 is 0 Å².